The number of nitrogens with one attached hydrogen (secondary N) is 2. The van der Waals surface area contributed by atoms with E-state index in [0.717, 1.165) is 15.1 Å². The van der Waals surface area contributed by atoms with Crippen LogP contribution in [0.5, 0.6) is 0 Å². The Morgan fingerprint density at radius 2 is 1.86 bits per heavy atom. The lowest BCUT2D eigenvalue weighted by Gasteiger charge is -2.30. The van der Waals surface area contributed by atoms with Crippen LogP contribution in [-0.2, 0) is 13.2 Å². The number of aromatic nitrogens is 6. The number of aryl methyl sites for hydroxylation is 1. The van der Waals surface area contributed by atoms with Crippen molar-refractivity contribution in [2.24, 2.45) is 7.05 Å². The summed E-state index contributed by atoms with van der Waals surface area (Å²) in [6.07, 6.45) is -0.945. The molecule has 188 valence electrons. The fourth-order valence-electron chi connectivity index (χ4n) is 4.36. The van der Waals surface area contributed by atoms with E-state index in [4.69, 9.17) is 11.6 Å². The Bertz CT molecular complexity index is 1530. The van der Waals surface area contributed by atoms with Crippen LogP contribution in [-0.4, -0.2) is 47.4 Å². The number of nitrogens with zero attached hydrogens (tertiary/aromatic N) is 6. The molecule has 1 aliphatic carbocycles. The molecular weight excluding hydrogens is 501 g/mol. The zero-order chi connectivity index (χ0) is 25.6. The number of benzene rings is 1. The van der Waals surface area contributed by atoms with E-state index in [1.807, 2.05) is 0 Å². The summed E-state index contributed by atoms with van der Waals surface area (Å²) < 4.78 is 42.3. The van der Waals surface area contributed by atoms with E-state index < -0.39 is 23.5 Å². The van der Waals surface area contributed by atoms with Gasteiger partial charge in [0, 0.05) is 35.2 Å². The van der Waals surface area contributed by atoms with Gasteiger partial charge in [0.05, 0.1) is 5.52 Å². The number of anilines is 1. The Morgan fingerprint density at radius 1 is 1.14 bits per heavy atom. The number of hydrogen-bond donors (Lipinski definition) is 2. The van der Waals surface area contributed by atoms with Gasteiger partial charge in [0.1, 0.15) is 12.0 Å². The third-order valence-electron chi connectivity index (χ3n) is 6.20. The first kappa shape index (κ1) is 24.0. The Balaban J connectivity index is 1.28. The zero-order valence-electron chi connectivity index (χ0n) is 18.9. The molecule has 0 bridgehead atoms. The highest BCUT2D eigenvalue weighted by atomic mass is 35.5. The van der Waals surface area contributed by atoms with Crippen molar-refractivity contribution >= 4 is 39.7 Å². The summed E-state index contributed by atoms with van der Waals surface area (Å²) in [6.45, 7) is 0. The molecule has 0 unspecified atom stereocenters. The third kappa shape index (κ3) is 4.57. The average Bonchev–Trinajstić information content (AvgIpc) is 3.27. The van der Waals surface area contributed by atoms with E-state index in [0.29, 0.717) is 41.8 Å². The van der Waals surface area contributed by atoms with E-state index in [1.165, 1.54) is 25.5 Å². The van der Waals surface area contributed by atoms with Crippen LogP contribution < -0.4 is 16.3 Å². The van der Waals surface area contributed by atoms with Crippen LogP contribution >= 0.6 is 11.6 Å². The first-order chi connectivity index (χ1) is 17.1. The van der Waals surface area contributed by atoms with Crippen molar-refractivity contribution < 1.29 is 18.0 Å². The summed E-state index contributed by atoms with van der Waals surface area (Å²) in [5.74, 6) is -0.471. The number of amides is 1. The molecule has 3 aromatic heterocycles. The summed E-state index contributed by atoms with van der Waals surface area (Å²) in [7, 11) is 1.44. The highest BCUT2D eigenvalue weighted by molar-refractivity contribution is 6.31. The number of hydrogen-bond acceptors (Lipinski definition) is 7. The van der Waals surface area contributed by atoms with Gasteiger partial charge in [0.2, 0.25) is 0 Å². The minimum Gasteiger partial charge on any atom is -0.382 e. The summed E-state index contributed by atoms with van der Waals surface area (Å²) in [6, 6.07) is 5.28. The van der Waals surface area contributed by atoms with E-state index in [-0.39, 0.29) is 28.9 Å². The number of carbonyl (C=O) groups is 1. The maximum atomic E-state index is 13.4. The largest absolute Gasteiger partial charge is 0.433 e. The number of carbonyl (C=O) groups excluding carboxylic acids is 1. The smallest absolute Gasteiger partial charge is 0.382 e. The molecule has 1 amide bonds. The van der Waals surface area contributed by atoms with Crippen LogP contribution in [0.1, 0.15) is 41.9 Å². The number of imidazole rings is 1. The second kappa shape index (κ2) is 9.04. The van der Waals surface area contributed by atoms with Gasteiger partial charge in [-0.25, -0.2) is 19.2 Å². The number of fused-ring (bicyclic) bond motifs is 2. The van der Waals surface area contributed by atoms with E-state index in [2.05, 4.69) is 30.9 Å². The van der Waals surface area contributed by atoms with Gasteiger partial charge in [-0.05, 0) is 49.9 Å². The highest BCUT2D eigenvalue weighted by Crippen LogP contribution is 2.35. The lowest BCUT2D eigenvalue weighted by molar-refractivity contribution is -0.140. The fraction of sp³-hybridized carbons (Fsp3) is 0.364. The lowest BCUT2D eigenvalue weighted by Crippen LogP contribution is -2.40. The molecule has 0 atom stereocenters. The molecule has 1 fully saturated rings. The summed E-state index contributed by atoms with van der Waals surface area (Å²) in [5, 5.41) is 14.6. The lowest BCUT2D eigenvalue weighted by atomic mass is 9.90. The predicted octanol–water partition coefficient (Wildman–Crippen LogP) is 3.20. The quantitative estimate of drug-likeness (QED) is 0.424. The molecule has 0 radical (unpaired) electrons. The van der Waals surface area contributed by atoms with Gasteiger partial charge in [-0.3, -0.25) is 4.79 Å². The normalized spacial score (nSPS) is 18.5. The number of pyridine rings is 1. The van der Waals surface area contributed by atoms with Crippen molar-refractivity contribution in [3.63, 3.8) is 0 Å². The topological polar surface area (TPSA) is 119 Å². The van der Waals surface area contributed by atoms with Crippen LogP contribution in [0.15, 0.2) is 35.4 Å². The first-order valence-electron chi connectivity index (χ1n) is 11.1. The van der Waals surface area contributed by atoms with Crippen LogP contribution in [0.25, 0.3) is 16.6 Å². The molecule has 0 saturated heterocycles. The average molecular weight is 521 g/mol. The van der Waals surface area contributed by atoms with Gasteiger partial charge < -0.3 is 10.6 Å². The molecule has 3 heterocycles. The maximum absolute atomic E-state index is 13.4. The highest BCUT2D eigenvalue weighted by Gasteiger charge is 2.34. The third-order valence-corrected chi connectivity index (χ3v) is 6.43. The second-order valence-electron chi connectivity index (χ2n) is 8.66. The molecule has 2 N–H and O–H groups in total. The van der Waals surface area contributed by atoms with Crippen LogP contribution in [0.2, 0.25) is 5.02 Å². The Kier molecular flexibility index (Phi) is 6.02. The summed E-state index contributed by atoms with van der Waals surface area (Å²) >= 11 is 6.07. The van der Waals surface area contributed by atoms with Gasteiger partial charge in [-0.2, -0.15) is 17.9 Å². The predicted molar refractivity (Wildman–Crippen MR) is 125 cm³/mol. The molecule has 14 heteroatoms. The van der Waals surface area contributed by atoms with Gasteiger partial charge in [0.15, 0.2) is 11.3 Å². The fourth-order valence-corrected chi connectivity index (χ4v) is 4.53. The molecular formula is C22H20ClF3N8O2. The van der Waals surface area contributed by atoms with E-state index in [9.17, 15) is 22.8 Å². The van der Waals surface area contributed by atoms with Gasteiger partial charge in [-0.15, -0.1) is 5.10 Å². The maximum Gasteiger partial charge on any atom is 0.433 e. The van der Waals surface area contributed by atoms with Crippen molar-refractivity contribution in [2.45, 2.75) is 43.9 Å². The van der Waals surface area contributed by atoms with Crippen molar-refractivity contribution in [3.05, 3.63) is 57.5 Å². The molecule has 10 nitrogen and oxygen atoms in total. The Labute approximate surface area is 206 Å². The Hall–Kier alpha value is -3.74. The Morgan fingerprint density at radius 3 is 2.58 bits per heavy atom. The first-order valence-corrected chi connectivity index (χ1v) is 11.5. The summed E-state index contributed by atoms with van der Waals surface area (Å²) in [4.78, 5) is 32.6. The number of alkyl halides is 3. The molecule has 36 heavy (non-hydrogen) atoms. The van der Waals surface area contributed by atoms with E-state index >= 15 is 0 Å². The van der Waals surface area contributed by atoms with Gasteiger partial charge in [0.25, 0.3) is 5.91 Å². The van der Waals surface area contributed by atoms with Crippen molar-refractivity contribution in [2.75, 3.05) is 5.32 Å². The molecule has 1 saturated carbocycles. The van der Waals surface area contributed by atoms with Crippen LogP contribution in [0, 0.1) is 0 Å². The molecule has 0 aliphatic heterocycles. The zero-order valence-corrected chi connectivity index (χ0v) is 19.6. The van der Waals surface area contributed by atoms with Crippen LogP contribution in [0.4, 0.5) is 18.9 Å². The summed E-state index contributed by atoms with van der Waals surface area (Å²) in [5.41, 5.74) is -0.882. The molecule has 0 spiro atoms. The minimum absolute atomic E-state index is 0.000243. The molecule has 5 rings (SSSR count). The number of halogens is 4. The van der Waals surface area contributed by atoms with Crippen molar-refractivity contribution in [3.8, 4) is 0 Å². The van der Waals surface area contributed by atoms with Gasteiger partial charge >= 0.3 is 11.9 Å². The SMILES string of the molecule is Cn1nnc2c(C(=O)NC3CCC(Nc4cc(C(F)(F)F)nc5ccc(Cl)cc45)CC3)ncn2c1=O. The van der Waals surface area contributed by atoms with Crippen LogP contribution in [0.3, 0.4) is 0 Å². The van der Waals surface area contributed by atoms with E-state index in [1.54, 1.807) is 6.07 Å². The standard InChI is InChI=1S/C22H20ClF3N8O2/c1-33-21(36)34-10-27-18(19(34)31-32-33)20(35)29-13-5-3-12(4-6-13)28-16-9-17(22(24,25)26)30-15-7-2-11(23)8-14(15)16/h2,7-10,12-13H,3-6H2,1H3,(H,28,30)(H,29,35). The molecule has 1 aromatic carbocycles. The molecule has 4 aromatic rings. The van der Waals surface area contributed by atoms with Crippen molar-refractivity contribution in [1.29, 1.82) is 0 Å². The minimum atomic E-state index is -4.59. The number of rotatable bonds is 4. The molecule has 1 aliphatic rings. The monoisotopic (exact) mass is 520 g/mol. The van der Waals surface area contributed by atoms with Gasteiger partial charge in [-0.1, -0.05) is 16.8 Å². The van der Waals surface area contributed by atoms with Crippen molar-refractivity contribution in [1.82, 2.24) is 34.7 Å². The second-order valence-corrected chi connectivity index (χ2v) is 9.10.